The van der Waals surface area contributed by atoms with Crippen LogP contribution in [-0.2, 0) is 15.4 Å². The first kappa shape index (κ1) is 15.4. The predicted molar refractivity (Wildman–Crippen MR) is 82.7 cm³/mol. The van der Waals surface area contributed by atoms with Crippen LogP contribution in [0.5, 0.6) is 0 Å². The predicted octanol–water partition coefficient (Wildman–Crippen LogP) is 2.88. The molecule has 1 aromatic carbocycles. The normalized spacial score (nSPS) is 12.2. The molecule has 0 spiro atoms. The summed E-state index contributed by atoms with van der Waals surface area (Å²) in [6.45, 7) is 7.84. The maximum atomic E-state index is 12.3. The highest BCUT2D eigenvalue weighted by molar-refractivity contribution is 7.92. The van der Waals surface area contributed by atoms with Gasteiger partial charge in [0.25, 0.3) is 10.0 Å². The highest BCUT2D eigenvalue weighted by atomic mass is 32.2. The summed E-state index contributed by atoms with van der Waals surface area (Å²) in [6.07, 6.45) is 2.97. The van der Waals surface area contributed by atoms with Crippen LogP contribution in [0.2, 0.25) is 0 Å². The van der Waals surface area contributed by atoms with Crippen LogP contribution in [0.15, 0.2) is 41.6 Å². The Bertz CT molecular complexity index is 732. The van der Waals surface area contributed by atoms with Crippen LogP contribution in [-0.4, -0.2) is 18.4 Å². The third-order valence-corrected chi connectivity index (χ3v) is 4.25. The second-order valence-corrected chi connectivity index (χ2v) is 7.65. The van der Waals surface area contributed by atoms with E-state index in [-0.39, 0.29) is 10.3 Å². The molecule has 2 rings (SSSR count). The third-order valence-electron chi connectivity index (χ3n) is 2.87. The van der Waals surface area contributed by atoms with E-state index >= 15 is 0 Å². The summed E-state index contributed by atoms with van der Waals surface area (Å²) in [4.78, 5) is 8.64. The maximum Gasteiger partial charge on any atom is 0.262 e. The maximum absolute atomic E-state index is 12.3. The average Bonchev–Trinajstić information content (AvgIpc) is 2.38. The summed E-state index contributed by atoms with van der Waals surface area (Å²) in [5.41, 5.74) is 1.07. The summed E-state index contributed by atoms with van der Waals surface area (Å²) >= 11 is 0. The molecule has 0 fully saturated rings. The molecule has 0 amide bonds. The minimum absolute atomic E-state index is 0.173. The van der Waals surface area contributed by atoms with Gasteiger partial charge in [0.1, 0.15) is 5.82 Å². The molecule has 2 aromatic rings. The molecule has 6 heteroatoms. The van der Waals surface area contributed by atoms with Gasteiger partial charge in [0.2, 0.25) is 0 Å². The van der Waals surface area contributed by atoms with Crippen molar-refractivity contribution in [2.24, 2.45) is 0 Å². The zero-order valence-electron chi connectivity index (χ0n) is 12.6. The van der Waals surface area contributed by atoms with Gasteiger partial charge in [-0.15, -0.1) is 0 Å². The van der Waals surface area contributed by atoms with Crippen molar-refractivity contribution in [1.82, 2.24) is 9.97 Å². The number of nitrogens with zero attached hydrogens (tertiary/aromatic N) is 2. The fraction of sp³-hybridized carbons (Fsp3) is 0.333. The summed E-state index contributed by atoms with van der Waals surface area (Å²) < 4.78 is 27.0. The minimum Gasteiger partial charge on any atom is -0.276 e. The van der Waals surface area contributed by atoms with Crippen molar-refractivity contribution in [3.8, 4) is 0 Å². The second-order valence-electron chi connectivity index (χ2n) is 5.97. The average molecular weight is 305 g/mol. The lowest BCUT2D eigenvalue weighted by atomic mass is 9.96. The van der Waals surface area contributed by atoms with Gasteiger partial charge in [-0.05, 0) is 24.6 Å². The molecule has 112 valence electrons. The number of benzene rings is 1. The van der Waals surface area contributed by atoms with Crippen LogP contribution < -0.4 is 4.72 Å². The summed E-state index contributed by atoms with van der Waals surface area (Å²) in [5, 5.41) is 0. The number of nitrogens with one attached hydrogen (secondary N) is 1. The van der Waals surface area contributed by atoms with Crippen LogP contribution in [0.4, 0.5) is 5.69 Å². The molecule has 0 aliphatic heterocycles. The molecule has 1 aromatic heterocycles. The SMILES string of the molecule is Cc1cccc(S(=O)(=O)Nc2cnc(C(C)(C)C)nc2)c1. The van der Waals surface area contributed by atoms with Gasteiger partial charge in [-0.3, -0.25) is 4.72 Å². The van der Waals surface area contributed by atoms with Crippen molar-refractivity contribution >= 4 is 15.7 Å². The molecule has 0 aliphatic rings. The Morgan fingerprint density at radius 2 is 1.71 bits per heavy atom. The molecule has 21 heavy (non-hydrogen) atoms. The fourth-order valence-electron chi connectivity index (χ4n) is 1.76. The fourth-order valence-corrected chi connectivity index (χ4v) is 2.90. The van der Waals surface area contributed by atoms with Crippen LogP contribution in [0.3, 0.4) is 0 Å². The monoisotopic (exact) mass is 305 g/mol. The van der Waals surface area contributed by atoms with Crippen molar-refractivity contribution in [2.75, 3.05) is 4.72 Å². The van der Waals surface area contributed by atoms with Crippen LogP contribution >= 0.6 is 0 Å². The number of aromatic nitrogens is 2. The van der Waals surface area contributed by atoms with Gasteiger partial charge in [-0.1, -0.05) is 32.9 Å². The van der Waals surface area contributed by atoms with Crippen molar-refractivity contribution < 1.29 is 8.42 Å². The first-order chi connectivity index (χ1) is 9.68. The summed E-state index contributed by atoms with van der Waals surface area (Å²) in [5.74, 6) is 0.668. The molecule has 5 nitrogen and oxygen atoms in total. The van der Waals surface area contributed by atoms with E-state index in [2.05, 4.69) is 14.7 Å². The van der Waals surface area contributed by atoms with E-state index in [1.165, 1.54) is 12.4 Å². The van der Waals surface area contributed by atoms with Crippen molar-refractivity contribution in [3.05, 3.63) is 48.0 Å². The number of hydrogen-bond acceptors (Lipinski definition) is 4. The molecule has 0 aliphatic carbocycles. The topological polar surface area (TPSA) is 72.0 Å². The molecule has 0 saturated heterocycles. The Morgan fingerprint density at radius 3 is 2.24 bits per heavy atom. The Balaban J connectivity index is 2.25. The highest BCUT2D eigenvalue weighted by Gasteiger charge is 2.18. The molecule has 1 heterocycles. The molecule has 0 unspecified atom stereocenters. The van der Waals surface area contributed by atoms with Gasteiger partial charge < -0.3 is 0 Å². The van der Waals surface area contributed by atoms with E-state index in [0.717, 1.165) is 5.56 Å². The zero-order valence-corrected chi connectivity index (χ0v) is 13.4. The smallest absolute Gasteiger partial charge is 0.262 e. The Labute approximate surface area is 125 Å². The van der Waals surface area contributed by atoms with Gasteiger partial charge in [0, 0.05) is 5.41 Å². The van der Waals surface area contributed by atoms with Gasteiger partial charge in [-0.2, -0.15) is 0 Å². The lowest BCUT2D eigenvalue weighted by Crippen LogP contribution is -2.17. The molecular weight excluding hydrogens is 286 g/mol. The number of hydrogen-bond donors (Lipinski definition) is 1. The molecule has 0 atom stereocenters. The molecule has 0 radical (unpaired) electrons. The van der Waals surface area contributed by atoms with E-state index in [4.69, 9.17) is 0 Å². The van der Waals surface area contributed by atoms with Crippen molar-refractivity contribution in [3.63, 3.8) is 0 Å². The van der Waals surface area contributed by atoms with E-state index in [0.29, 0.717) is 11.5 Å². The van der Waals surface area contributed by atoms with Gasteiger partial charge in [-0.25, -0.2) is 18.4 Å². The first-order valence-corrected chi connectivity index (χ1v) is 8.09. The lowest BCUT2D eigenvalue weighted by Gasteiger charge is -2.16. The van der Waals surface area contributed by atoms with E-state index in [1.54, 1.807) is 18.2 Å². The van der Waals surface area contributed by atoms with Crippen LogP contribution in [0.25, 0.3) is 0 Å². The number of sulfonamides is 1. The van der Waals surface area contributed by atoms with Crippen molar-refractivity contribution in [2.45, 2.75) is 38.0 Å². The zero-order chi connectivity index (χ0) is 15.7. The van der Waals surface area contributed by atoms with E-state index in [1.807, 2.05) is 33.8 Å². The quantitative estimate of drug-likeness (QED) is 0.946. The third kappa shape index (κ3) is 3.78. The Hall–Kier alpha value is -1.95. The number of anilines is 1. The second kappa shape index (κ2) is 5.44. The van der Waals surface area contributed by atoms with E-state index in [9.17, 15) is 8.42 Å². The lowest BCUT2D eigenvalue weighted by molar-refractivity contribution is 0.545. The standard InChI is InChI=1S/C15H19N3O2S/c1-11-6-5-7-13(8-11)21(19,20)18-12-9-16-14(17-10-12)15(2,3)4/h5-10,18H,1-4H3. The van der Waals surface area contributed by atoms with E-state index < -0.39 is 10.0 Å². The largest absolute Gasteiger partial charge is 0.276 e. The van der Waals surface area contributed by atoms with Gasteiger partial charge >= 0.3 is 0 Å². The van der Waals surface area contributed by atoms with Crippen molar-refractivity contribution in [1.29, 1.82) is 0 Å². The van der Waals surface area contributed by atoms with Crippen LogP contribution in [0, 0.1) is 6.92 Å². The number of aryl methyl sites for hydroxylation is 1. The highest BCUT2D eigenvalue weighted by Crippen LogP contribution is 2.20. The first-order valence-electron chi connectivity index (χ1n) is 6.60. The van der Waals surface area contributed by atoms with Gasteiger partial charge in [0.05, 0.1) is 23.0 Å². The molecule has 0 saturated carbocycles. The molecule has 1 N–H and O–H groups in total. The summed E-state index contributed by atoms with van der Waals surface area (Å²) in [7, 11) is -3.61. The molecule has 0 bridgehead atoms. The van der Waals surface area contributed by atoms with Gasteiger partial charge in [0.15, 0.2) is 0 Å². The Morgan fingerprint density at radius 1 is 1.10 bits per heavy atom. The molecular formula is C15H19N3O2S. The van der Waals surface area contributed by atoms with Crippen LogP contribution in [0.1, 0.15) is 32.2 Å². The Kier molecular flexibility index (Phi) is 4.00. The minimum atomic E-state index is -3.61. The number of rotatable bonds is 3. The summed E-state index contributed by atoms with van der Waals surface area (Å²) in [6, 6.07) is 6.73.